The molecule has 2 atom stereocenters. The van der Waals surface area contributed by atoms with E-state index in [2.05, 4.69) is 38.7 Å². The van der Waals surface area contributed by atoms with E-state index in [0.717, 1.165) is 23.0 Å². The second-order valence-electron chi connectivity index (χ2n) is 5.69. The highest BCUT2D eigenvalue weighted by atomic mass is 79.9. The number of halogens is 1. The predicted octanol–water partition coefficient (Wildman–Crippen LogP) is 3.34. The van der Waals surface area contributed by atoms with Gasteiger partial charge >= 0.3 is 0 Å². The predicted molar refractivity (Wildman–Crippen MR) is 91.5 cm³/mol. The lowest BCUT2D eigenvalue weighted by Gasteiger charge is -2.26. The van der Waals surface area contributed by atoms with Gasteiger partial charge in [0.15, 0.2) is 0 Å². The Morgan fingerprint density at radius 2 is 2.00 bits per heavy atom. The van der Waals surface area contributed by atoms with Crippen LogP contribution in [0, 0.1) is 0 Å². The lowest BCUT2D eigenvalue weighted by Crippen LogP contribution is -2.48. The Kier molecular flexibility index (Phi) is 4.60. The van der Waals surface area contributed by atoms with Gasteiger partial charge in [0.1, 0.15) is 0 Å². The molecule has 1 amide bonds. The van der Waals surface area contributed by atoms with E-state index in [4.69, 9.17) is 0 Å². The van der Waals surface area contributed by atoms with E-state index < -0.39 is 0 Å². The van der Waals surface area contributed by atoms with Crippen LogP contribution < -0.4 is 10.6 Å². The number of fused-ring (bicyclic) bond motifs is 1. The van der Waals surface area contributed by atoms with Crippen molar-refractivity contribution in [2.45, 2.75) is 32.0 Å². The normalized spacial score (nSPS) is 18.4. The van der Waals surface area contributed by atoms with E-state index >= 15 is 0 Å². The monoisotopic (exact) mass is 358 g/mol. The van der Waals surface area contributed by atoms with Crippen LogP contribution in [0.15, 0.2) is 53.0 Å². The highest BCUT2D eigenvalue weighted by Crippen LogP contribution is 2.19. The highest BCUT2D eigenvalue weighted by Gasteiger charge is 2.24. The Balaban J connectivity index is 1.65. The molecular weight excluding hydrogens is 340 g/mol. The van der Waals surface area contributed by atoms with Gasteiger partial charge in [0.25, 0.3) is 0 Å². The van der Waals surface area contributed by atoms with Crippen LogP contribution in [-0.4, -0.2) is 11.9 Å². The Hall–Kier alpha value is -1.65. The third kappa shape index (κ3) is 3.39. The van der Waals surface area contributed by atoms with Crippen molar-refractivity contribution in [2.75, 3.05) is 0 Å². The van der Waals surface area contributed by atoms with Crippen molar-refractivity contribution in [2.24, 2.45) is 0 Å². The van der Waals surface area contributed by atoms with Crippen LogP contribution in [0.2, 0.25) is 0 Å². The number of rotatable bonds is 3. The van der Waals surface area contributed by atoms with Crippen molar-refractivity contribution in [3.63, 3.8) is 0 Å². The van der Waals surface area contributed by atoms with E-state index in [0.29, 0.717) is 0 Å². The third-order valence-corrected chi connectivity index (χ3v) is 4.60. The summed E-state index contributed by atoms with van der Waals surface area (Å²) < 4.78 is 1.02. The van der Waals surface area contributed by atoms with Crippen LogP contribution in [0.1, 0.15) is 29.7 Å². The molecule has 3 nitrogen and oxygen atoms in total. The summed E-state index contributed by atoms with van der Waals surface area (Å²) in [6.45, 7) is 2.76. The molecule has 4 heteroatoms. The molecule has 2 aromatic carbocycles. The molecule has 22 heavy (non-hydrogen) atoms. The summed E-state index contributed by atoms with van der Waals surface area (Å²) in [6.07, 6.45) is 0.743. The maximum absolute atomic E-state index is 12.5. The number of amides is 1. The van der Waals surface area contributed by atoms with Crippen LogP contribution in [0.4, 0.5) is 0 Å². The summed E-state index contributed by atoms with van der Waals surface area (Å²) in [5.74, 6) is 0.0574. The van der Waals surface area contributed by atoms with Crippen LogP contribution in [0.25, 0.3) is 0 Å². The standard InChI is InChI=1S/C18H19BrN2O/c1-12(13-7-4-8-16(19)9-13)21-18(22)17-10-14-5-2-3-6-15(14)11-20-17/h2-9,12,17,20H,10-11H2,1H3,(H,21,22). The molecule has 2 N–H and O–H groups in total. The molecule has 1 aliphatic heterocycles. The molecule has 0 bridgehead atoms. The molecule has 0 fully saturated rings. The number of hydrogen-bond donors (Lipinski definition) is 2. The van der Waals surface area contributed by atoms with Crippen LogP contribution in [0.5, 0.6) is 0 Å². The first kappa shape index (κ1) is 15.3. The van der Waals surface area contributed by atoms with Gasteiger partial charge in [-0.25, -0.2) is 0 Å². The molecule has 1 aliphatic rings. The smallest absolute Gasteiger partial charge is 0.237 e. The first-order valence-corrected chi connectivity index (χ1v) is 8.29. The number of nitrogens with one attached hydrogen (secondary N) is 2. The van der Waals surface area contributed by atoms with Crippen LogP contribution in [-0.2, 0) is 17.8 Å². The Morgan fingerprint density at radius 1 is 1.23 bits per heavy atom. The van der Waals surface area contributed by atoms with Gasteiger partial charge in [-0.05, 0) is 42.2 Å². The molecule has 114 valence electrons. The van der Waals surface area contributed by atoms with Crippen molar-refractivity contribution in [3.05, 3.63) is 69.7 Å². The molecule has 0 spiro atoms. The zero-order valence-corrected chi connectivity index (χ0v) is 14.1. The summed E-state index contributed by atoms with van der Waals surface area (Å²) in [5, 5.41) is 6.42. The molecule has 0 saturated carbocycles. The third-order valence-electron chi connectivity index (χ3n) is 4.11. The van der Waals surface area contributed by atoms with Crippen molar-refractivity contribution < 1.29 is 4.79 Å². The fraction of sp³-hybridized carbons (Fsp3) is 0.278. The molecule has 0 aliphatic carbocycles. The Labute approximate surface area is 139 Å². The first-order chi connectivity index (χ1) is 10.6. The van der Waals surface area contributed by atoms with E-state index in [9.17, 15) is 4.79 Å². The topological polar surface area (TPSA) is 41.1 Å². The molecule has 0 radical (unpaired) electrons. The van der Waals surface area contributed by atoms with Gasteiger partial charge in [-0.3, -0.25) is 4.79 Å². The van der Waals surface area contributed by atoms with Gasteiger partial charge in [-0.2, -0.15) is 0 Å². The highest BCUT2D eigenvalue weighted by molar-refractivity contribution is 9.10. The van der Waals surface area contributed by atoms with Gasteiger partial charge in [-0.15, -0.1) is 0 Å². The summed E-state index contributed by atoms with van der Waals surface area (Å²) in [6, 6.07) is 16.1. The minimum absolute atomic E-state index is 0.0102. The average molecular weight is 359 g/mol. The van der Waals surface area contributed by atoms with E-state index in [1.807, 2.05) is 43.3 Å². The Bertz CT molecular complexity index is 686. The zero-order chi connectivity index (χ0) is 15.5. The quantitative estimate of drug-likeness (QED) is 0.883. The first-order valence-electron chi connectivity index (χ1n) is 7.49. The average Bonchev–Trinajstić information content (AvgIpc) is 2.54. The summed E-state index contributed by atoms with van der Waals surface area (Å²) in [4.78, 5) is 12.5. The number of benzene rings is 2. The fourth-order valence-corrected chi connectivity index (χ4v) is 3.23. The van der Waals surface area contributed by atoms with E-state index in [1.165, 1.54) is 11.1 Å². The van der Waals surface area contributed by atoms with Crippen molar-refractivity contribution in [1.29, 1.82) is 0 Å². The van der Waals surface area contributed by atoms with Crippen molar-refractivity contribution in [1.82, 2.24) is 10.6 Å². The second kappa shape index (κ2) is 6.63. The molecular formula is C18H19BrN2O. The lowest BCUT2D eigenvalue weighted by molar-refractivity contribution is -0.124. The largest absolute Gasteiger partial charge is 0.348 e. The lowest BCUT2D eigenvalue weighted by atomic mass is 9.95. The van der Waals surface area contributed by atoms with E-state index in [-0.39, 0.29) is 18.0 Å². The van der Waals surface area contributed by atoms with Crippen LogP contribution >= 0.6 is 15.9 Å². The van der Waals surface area contributed by atoms with Crippen molar-refractivity contribution >= 4 is 21.8 Å². The zero-order valence-electron chi connectivity index (χ0n) is 12.5. The molecule has 2 aromatic rings. The van der Waals surface area contributed by atoms with Crippen molar-refractivity contribution in [3.8, 4) is 0 Å². The Morgan fingerprint density at radius 3 is 2.77 bits per heavy atom. The minimum Gasteiger partial charge on any atom is -0.348 e. The van der Waals surface area contributed by atoms with Gasteiger partial charge in [0, 0.05) is 11.0 Å². The number of carbonyl (C=O) groups excluding carboxylic acids is 1. The SMILES string of the molecule is CC(NC(=O)C1Cc2ccccc2CN1)c1cccc(Br)c1. The van der Waals surface area contributed by atoms with Crippen LogP contribution in [0.3, 0.4) is 0 Å². The maximum Gasteiger partial charge on any atom is 0.237 e. The molecule has 2 unspecified atom stereocenters. The van der Waals surface area contributed by atoms with Gasteiger partial charge in [0.05, 0.1) is 12.1 Å². The van der Waals surface area contributed by atoms with Gasteiger partial charge in [-0.1, -0.05) is 52.3 Å². The molecule has 0 saturated heterocycles. The number of carbonyl (C=O) groups is 1. The van der Waals surface area contributed by atoms with Gasteiger partial charge < -0.3 is 10.6 Å². The molecule has 1 heterocycles. The fourth-order valence-electron chi connectivity index (χ4n) is 2.81. The maximum atomic E-state index is 12.5. The second-order valence-corrected chi connectivity index (χ2v) is 6.61. The minimum atomic E-state index is -0.162. The molecule has 0 aromatic heterocycles. The summed E-state index contributed by atoms with van der Waals surface area (Å²) >= 11 is 3.47. The van der Waals surface area contributed by atoms with Gasteiger partial charge in [0.2, 0.25) is 5.91 Å². The van der Waals surface area contributed by atoms with E-state index in [1.54, 1.807) is 0 Å². The summed E-state index contributed by atoms with van der Waals surface area (Å²) in [5.41, 5.74) is 3.64. The summed E-state index contributed by atoms with van der Waals surface area (Å²) in [7, 11) is 0. The molecule has 3 rings (SSSR count). The number of hydrogen-bond acceptors (Lipinski definition) is 2.